The molecule has 0 nitrogen and oxygen atoms in total. The molecule has 0 spiro atoms. The van der Waals surface area contributed by atoms with Crippen molar-refractivity contribution in [3.8, 4) is 0 Å². The Kier molecular flexibility index (Phi) is 6.49. The van der Waals surface area contributed by atoms with Crippen LogP contribution in [0, 0.1) is 0 Å². The number of hydrogen-bond donors (Lipinski definition) is 0. The number of unbranched alkanes of at least 4 members (excludes halogenated alkanes) is 1. The van der Waals surface area contributed by atoms with Crippen LogP contribution in [-0.2, 0) is 0 Å². The molecule has 0 aliphatic rings. The standard InChI is InChI=1S/C9H13F5/c10-8(11)6-4-2-1-3-5-7-9(12,13)14/h1-2,8H,3-7H2/b2-1+. The van der Waals surface area contributed by atoms with E-state index < -0.39 is 19.0 Å². The first kappa shape index (κ1) is 13.4. The Morgan fingerprint density at radius 2 is 1.57 bits per heavy atom. The lowest BCUT2D eigenvalue weighted by Gasteiger charge is -2.03. The van der Waals surface area contributed by atoms with E-state index in [1.54, 1.807) is 0 Å². The Balaban J connectivity index is 3.28. The highest BCUT2D eigenvalue weighted by Gasteiger charge is 2.25. The van der Waals surface area contributed by atoms with Crippen LogP contribution in [0.2, 0.25) is 0 Å². The molecule has 0 amide bonds. The molecule has 0 aliphatic carbocycles. The van der Waals surface area contributed by atoms with E-state index in [1.165, 1.54) is 12.2 Å². The lowest BCUT2D eigenvalue weighted by atomic mass is 10.2. The van der Waals surface area contributed by atoms with Crippen LogP contribution in [-0.4, -0.2) is 12.6 Å². The maximum Gasteiger partial charge on any atom is 0.389 e. The average molecular weight is 216 g/mol. The molecule has 0 N–H and O–H groups in total. The highest BCUT2D eigenvalue weighted by Crippen LogP contribution is 2.22. The minimum atomic E-state index is -4.11. The second-order valence-electron chi connectivity index (χ2n) is 2.95. The van der Waals surface area contributed by atoms with E-state index >= 15 is 0 Å². The number of hydrogen-bond acceptors (Lipinski definition) is 0. The van der Waals surface area contributed by atoms with Crippen molar-refractivity contribution in [2.75, 3.05) is 0 Å². The van der Waals surface area contributed by atoms with E-state index in [9.17, 15) is 22.0 Å². The molecular weight excluding hydrogens is 203 g/mol. The molecule has 0 saturated carbocycles. The summed E-state index contributed by atoms with van der Waals surface area (Å²) in [5.74, 6) is 0. The smallest absolute Gasteiger partial charge is 0.211 e. The molecule has 0 unspecified atom stereocenters. The first-order valence-corrected chi connectivity index (χ1v) is 4.42. The SMILES string of the molecule is FC(F)CC/C=C/CCCC(F)(F)F. The fourth-order valence-electron chi connectivity index (χ4n) is 0.878. The average Bonchev–Trinajstić information content (AvgIpc) is 2.00. The summed E-state index contributed by atoms with van der Waals surface area (Å²) < 4.78 is 58.0. The van der Waals surface area contributed by atoms with Crippen molar-refractivity contribution in [2.45, 2.75) is 44.7 Å². The molecule has 0 saturated heterocycles. The zero-order chi connectivity index (χ0) is 11.0. The molecular formula is C9H13F5. The fourth-order valence-corrected chi connectivity index (χ4v) is 0.878. The predicted molar refractivity (Wildman–Crippen MR) is 44.3 cm³/mol. The van der Waals surface area contributed by atoms with E-state index in [2.05, 4.69) is 0 Å². The zero-order valence-corrected chi connectivity index (χ0v) is 7.66. The van der Waals surface area contributed by atoms with E-state index in [0.717, 1.165) is 0 Å². The molecule has 0 aliphatic heterocycles. The zero-order valence-electron chi connectivity index (χ0n) is 7.66. The normalized spacial score (nSPS) is 13.0. The molecule has 0 fully saturated rings. The van der Waals surface area contributed by atoms with Crippen molar-refractivity contribution >= 4 is 0 Å². The molecule has 84 valence electrons. The van der Waals surface area contributed by atoms with Gasteiger partial charge in [-0.3, -0.25) is 0 Å². The number of rotatable bonds is 6. The van der Waals surface area contributed by atoms with Crippen LogP contribution in [0.15, 0.2) is 12.2 Å². The summed E-state index contributed by atoms with van der Waals surface area (Å²) in [6, 6.07) is 0. The lowest BCUT2D eigenvalue weighted by Crippen LogP contribution is -2.05. The van der Waals surface area contributed by atoms with Crippen LogP contribution >= 0.6 is 0 Å². The topological polar surface area (TPSA) is 0 Å². The van der Waals surface area contributed by atoms with Crippen LogP contribution < -0.4 is 0 Å². The third-order valence-electron chi connectivity index (χ3n) is 1.55. The molecule has 0 aromatic rings. The predicted octanol–water partition coefficient (Wildman–Crippen LogP) is 4.32. The van der Waals surface area contributed by atoms with Gasteiger partial charge in [-0.1, -0.05) is 12.2 Å². The van der Waals surface area contributed by atoms with Crippen LogP contribution in [0.25, 0.3) is 0 Å². The van der Waals surface area contributed by atoms with Crippen molar-refractivity contribution < 1.29 is 22.0 Å². The molecule has 5 heteroatoms. The fraction of sp³-hybridized carbons (Fsp3) is 0.778. The van der Waals surface area contributed by atoms with Crippen molar-refractivity contribution in [3.05, 3.63) is 12.2 Å². The number of alkyl halides is 5. The van der Waals surface area contributed by atoms with E-state index in [4.69, 9.17) is 0 Å². The second kappa shape index (κ2) is 6.79. The Morgan fingerprint density at radius 3 is 2.07 bits per heavy atom. The monoisotopic (exact) mass is 216 g/mol. The third kappa shape index (κ3) is 11.4. The van der Waals surface area contributed by atoms with Crippen molar-refractivity contribution in [2.24, 2.45) is 0 Å². The number of allylic oxidation sites excluding steroid dienone is 2. The first-order valence-electron chi connectivity index (χ1n) is 4.42. The molecule has 0 aromatic carbocycles. The van der Waals surface area contributed by atoms with Gasteiger partial charge >= 0.3 is 6.18 Å². The molecule has 0 bridgehead atoms. The van der Waals surface area contributed by atoms with Crippen LogP contribution in [0.5, 0.6) is 0 Å². The van der Waals surface area contributed by atoms with Gasteiger partial charge in [0.15, 0.2) is 0 Å². The summed E-state index contributed by atoms with van der Waals surface area (Å²) in [6.45, 7) is 0. The quantitative estimate of drug-likeness (QED) is 0.352. The summed E-state index contributed by atoms with van der Waals surface area (Å²) in [5, 5.41) is 0. The van der Waals surface area contributed by atoms with Gasteiger partial charge in [0, 0.05) is 12.8 Å². The summed E-state index contributed by atoms with van der Waals surface area (Å²) in [7, 11) is 0. The highest BCUT2D eigenvalue weighted by atomic mass is 19.4. The van der Waals surface area contributed by atoms with E-state index in [-0.39, 0.29) is 19.3 Å². The van der Waals surface area contributed by atoms with Gasteiger partial charge in [0.25, 0.3) is 0 Å². The molecule has 0 rings (SSSR count). The van der Waals surface area contributed by atoms with Gasteiger partial charge in [-0.15, -0.1) is 0 Å². The van der Waals surface area contributed by atoms with Gasteiger partial charge in [-0.05, 0) is 19.3 Å². The first-order chi connectivity index (χ1) is 6.42. The Bertz CT molecular complexity index is 159. The summed E-state index contributed by atoms with van der Waals surface area (Å²) in [4.78, 5) is 0. The van der Waals surface area contributed by atoms with Crippen LogP contribution in [0.3, 0.4) is 0 Å². The van der Waals surface area contributed by atoms with Crippen molar-refractivity contribution in [1.29, 1.82) is 0 Å². The van der Waals surface area contributed by atoms with Gasteiger partial charge in [-0.25, -0.2) is 8.78 Å². The van der Waals surface area contributed by atoms with Gasteiger partial charge in [-0.2, -0.15) is 13.2 Å². The van der Waals surface area contributed by atoms with Crippen LogP contribution in [0.4, 0.5) is 22.0 Å². The highest BCUT2D eigenvalue weighted by molar-refractivity contribution is 4.81. The Hall–Kier alpha value is -0.610. The van der Waals surface area contributed by atoms with Crippen molar-refractivity contribution in [1.82, 2.24) is 0 Å². The number of halogens is 5. The van der Waals surface area contributed by atoms with E-state index in [1.807, 2.05) is 0 Å². The molecule has 0 aromatic heterocycles. The Morgan fingerprint density at radius 1 is 1.00 bits per heavy atom. The van der Waals surface area contributed by atoms with Crippen molar-refractivity contribution in [3.63, 3.8) is 0 Å². The largest absolute Gasteiger partial charge is 0.389 e. The maximum absolute atomic E-state index is 11.6. The molecule has 0 radical (unpaired) electrons. The molecule has 0 atom stereocenters. The van der Waals surface area contributed by atoms with Gasteiger partial charge < -0.3 is 0 Å². The minimum Gasteiger partial charge on any atom is -0.211 e. The maximum atomic E-state index is 11.6. The summed E-state index contributed by atoms with van der Waals surface area (Å²) in [5.41, 5.74) is 0. The molecule has 0 heterocycles. The minimum absolute atomic E-state index is 0.0225. The van der Waals surface area contributed by atoms with Gasteiger partial charge in [0.05, 0.1) is 0 Å². The van der Waals surface area contributed by atoms with Crippen LogP contribution in [0.1, 0.15) is 32.1 Å². The van der Waals surface area contributed by atoms with Gasteiger partial charge in [0.2, 0.25) is 6.43 Å². The third-order valence-corrected chi connectivity index (χ3v) is 1.55. The Labute approximate surface area is 79.8 Å². The lowest BCUT2D eigenvalue weighted by molar-refractivity contribution is -0.135. The summed E-state index contributed by atoms with van der Waals surface area (Å²) in [6.07, 6.45) is -3.92. The molecule has 14 heavy (non-hydrogen) atoms. The van der Waals surface area contributed by atoms with Gasteiger partial charge in [0.1, 0.15) is 0 Å². The summed E-state index contributed by atoms with van der Waals surface area (Å²) >= 11 is 0. The second-order valence-corrected chi connectivity index (χ2v) is 2.95. The van der Waals surface area contributed by atoms with E-state index in [0.29, 0.717) is 6.42 Å².